The second kappa shape index (κ2) is 4.56. The lowest BCUT2D eigenvalue weighted by Crippen LogP contribution is -2.43. The summed E-state index contributed by atoms with van der Waals surface area (Å²) in [5.41, 5.74) is 0.874. The number of hydrogen-bond donors (Lipinski definition) is 1. The highest BCUT2D eigenvalue weighted by molar-refractivity contribution is 5.89. The summed E-state index contributed by atoms with van der Waals surface area (Å²) in [5, 5.41) is 6.17. The number of alkyl halides is 3. The number of ether oxygens (including phenoxy) is 1. The van der Waals surface area contributed by atoms with E-state index >= 15 is 0 Å². The summed E-state index contributed by atoms with van der Waals surface area (Å²) >= 11 is 0. The van der Waals surface area contributed by atoms with E-state index in [0.717, 1.165) is 0 Å². The number of carbonyl (C=O) groups is 2. The summed E-state index contributed by atoms with van der Waals surface area (Å²) in [4.78, 5) is 23.1. The molecule has 0 fully saturated rings. The SMILES string of the molecule is COC(=O)c1n[nH]c2c1CCN(C(=O)C(F)(F)F)C2. The van der Waals surface area contributed by atoms with Crippen molar-refractivity contribution in [2.24, 2.45) is 0 Å². The van der Waals surface area contributed by atoms with E-state index in [1.54, 1.807) is 0 Å². The van der Waals surface area contributed by atoms with Gasteiger partial charge < -0.3 is 9.64 Å². The number of nitrogens with one attached hydrogen (secondary N) is 1. The summed E-state index contributed by atoms with van der Waals surface area (Å²) in [5.74, 6) is -2.56. The summed E-state index contributed by atoms with van der Waals surface area (Å²) in [6.45, 7) is -0.369. The van der Waals surface area contributed by atoms with E-state index in [4.69, 9.17) is 0 Å². The number of methoxy groups -OCH3 is 1. The van der Waals surface area contributed by atoms with Gasteiger partial charge in [0.1, 0.15) is 0 Å². The van der Waals surface area contributed by atoms with Crippen molar-refractivity contribution in [3.8, 4) is 0 Å². The molecule has 0 unspecified atom stereocenters. The van der Waals surface area contributed by atoms with Crippen LogP contribution < -0.4 is 0 Å². The Morgan fingerprint density at radius 1 is 1.42 bits per heavy atom. The van der Waals surface area contributed by atoms with Gasteiger partial charge in [-0.2, -0.15) is 18.3 Å². The Hall–Kier alpha value is -2.06. The summed E-state index contributed by atoms with van der Waals surface area (Å²) in [6, 6.07) is 0. The van der Waals surface area contributed by atoms with Gasteiger partial charge in [-0.3, -0.25) is 9.89 Å². The van der Waals surface area contributed by atoms with Gasteiger partial charge in [-0.1, -0.05) is 0 Å². The molecule has 6 nitrogen and oxygen atoms in total. The number of rotatable bonds is 1. The predicted molar refractivity (Wildman–Crippen MR) is 55.1 cm³/mol. The Labute approximate surface area is 105 Å². The second-order valence-electron chi connectivity index (χ2n) is 4.00. The predicted octanol–water partition coefficient (Wildman–Crippen LogP) is 0.643. The van der Waals surface area contributed by atoms with Crippen LogP contribution in [0.2, 0.25) is 0 Å². The first-order valence-corrected chi connectivity index (χ1v) is 5.35. The maximum Gasteiger partial charge on any atom is 0.471 e. The van der Waals surface area contributed by atoms with E-state index in [0.29, 0.717) is 16.2 Å². The van der Waals surface area contributed by atoms with Gasteiger partial charge in [0.15, 0.2) is 5.69 Å². The Bertz CT molecular complexity index is 524. The van der Waals surface area contributed by atoms with Gasteiger partial charge in [-0.05, 0) is 6.42 Å². The van der Waals surface area contributed by atoms with Crippen LogP contribution in [0.25, 0.3) is 0 Å². The minimum Gasteiger partial charge on any atom is -0.464 e. The lowest BCUT2D eigenvalue weighted by molar-refractivity contribution is -0.186. The number of H-pyrrole nitrogens is 1. The van der Waals surface area contributed by atoms with Crippen LogP contribution in [0.15, 0.2) is 0 Å². The molecule has 1 aromatic rings. The molecule has 19 heavy (non-hydrogen) atoms. The molecule has 0 saturated heterocycles. The monoisotopic (exact) mass is 277 g/mol. The van der Waals surface area contributed by atoms with Crippen LogP contribution in [0.3, 0.4) is 0 Å². The van der Waals surface area contributed by atoms with Crippen LogP contribution >= 0.6 is 0 Å². The quantitative estimate of drug-likeness (QED) is 0.764. The molecule has 104 valence electrons. The number of hydrogen-bond acceptors (Lipinski definition) is 4. The van der Waals surface area contributed by atoms with Crippen molar-refractivity contribution in [3.05, 3.63) is 17.0 Å². The minimum absolute atomic E-state index is 0.0524. The van der Waals surface area contributed by atoms with Crippen LogP contribution in [-0.2, 0) is 22.5 Å². The minimum atomic E-state index is -4.90. The lowest BCUT2D eigenvalue weighted by atomic mass is 10.0. The van der Waals surface area contributed by atoms with Crippen molar-refractivity contribution in [1.29, 1.82) is 0 Å². The summed E-state index contributed by atoms with van der Waals surface area (Å²) in [7, 11) is 1.19. The molecule has 1 N–H and O–H groups in total. The Kier molecular flexibility index (Phi) is 3.21. The molecule has 0 bridgehead atoms. The largest absolute Gasteiger partial charge is 0.471 e. The van der Waals surface area contributed by atoms with Crippen molar-refractivity contribution >= 4 is 11.9 Å². The first-order chi connectivity index (χ1) is 8.84. The molecular formula is C10H10F3N3O3. The average molecular weight is 277 g/mol. The van der Waals surface area contributed by atoms with E-state index in [1.165, 1.54) is 7.11 Å². The van der Waals surface area contributed by atoms with E-state index in [9.17, 15) is 22.8 Å². The molecule has 1 aromatic heterocycles. The third-order valence-electron chi connectivity index (χ3n) is 2.84. The van der Waals surface area contributed by atoms with Gasteiger partial charge in [0, 0.05) is 12.1 Å². The number of carbonyl (C=O) groups excluding carboxylic acids is 2. The van der Waals surface area contributed by atoms with Crippen molar-refractivity contribution in [2.75, 3.05) is 13.7 Å². The van der Waals surface area contributed by atoms with Crippen LogP contribution in [0, 0.1) is 0 Å². The highest BCUT2D eigenvalue weighted by atomic mass is 19.4. The first-order valence-electron chi connectivity index (χ1n) is 5.35. The highest BCUT2D eigenvalue weighted by Crippen LogP contribution is 2.25. The third-order valence-corrected chi connectivity index (χ3v) is 2.84. The molecule has 1 aliphatic heterocycles. The molecule has 0 atom stereocenters. The standard InChI is InChI=1S/C10H10F3N3O3/c1-19-8(17)7-5-2-3-16(4-6(5)14-15-7)9(18)10(11,12)13/h2-4H2,1H3,(H,14,15). The fourth-order valence-electron chi connectivity index (χ4n) is 1.94. The van der Waals surface area contributed by atoms with Gasteiger partial charge >= 0.3 is 18.1 Å². The smallest absolute Gasteiger partial charge is 0.464 e. The molecule has 0 saturated carbocycles. The van der Waals surface area contributed by atoms with E-state index in [1.807, 2.05) is 0 Å². The van der Waals surface area contributed by atoms with Crippen LogP contribution in [0.1, 0.15) is 21.7 Å². The summed E-state index contributed by atoms with van der Waals surface area (Å²) < 4.78 is 41.4. The van der Waals surface area contributed by atoms with Crippen LogP contribution in [0.4, 0.5) is 13.2 Å². The second-order valence-corrected chi connectivity index (χ2v) is 4.00. The lowest BCUT2D eigenvalue weighted by Gasteiger charge is -2.27. The van der Waals surface area contributed by atoms with Gasteiger partial charge in [-0.15, -0.1) is 0 Å². The molecule has 0 aliphatic carbocycles. The van der Waals surface area contributed by atoms with Crippen LogP contribution in [-0.4, -0.2) is 46.8 Å². The molecule has 0 spiro atoms. The molecule has 0 radical (unpaired) electrons. The summed E-state index contributed by atoms with van der Waals surface area (Å²) in [6.07, 6.45) is -4.78. The zero-order chi connectivity index (χ0) is 14.2. The Morgan fingerprint density at radius 3 is 2.68 bits per heavy atom. The van der Waals surface area contributed by atoms with Gasteiger partial charge in [0.25, 0.3) is 0 Å². The van der Waals surface area contributed by atoms with Gasteiger partial charge in [0.05, 0.1) is 19.3 Å². The van der Waals surface area contributed by atoms with E-state index in [2.05, 4.69) is 14.9 Å². The fourth-order valence-corrected chi connectivity index (χ4v) is 1.94. The molecule has 1 aliphatic rings. The van der Waals surface area contributed by atoms with E-state index < -0.39 is 18.1 Å². The molecular weight excluding hydrogens is 267 g/mol. The maximum atomic E-state index is 12.3. The number of halogens is 3. The van der Waals surface area contributed by atoms with Crippen molar-refractivity contribution in [2.45, 2.75) is 19.1 Å². The van der Waals surface area contributed by atoms with Gasteiger partial charge in [0.2, 0.25) is 0 Å². The molecule has 2 heterocycles. The zero-order valence-electron chi connectivity index (χ0n) is 9.87. The number of fused-ring (bicyclic) bond motifs is 1. The number of esters is 1. The first kappa shape index (κ1) is 13.4. The molecule has 0 aromatic carbocycles. The highest BCUT2D eigenvalue weighted by Gasteiger charge is 2.43. The Morgan fingerprint density at radius 2 is 2.11 bits per heavy atom. The average Bonchev–Trinajstić information content (AvgIpc) is 2.78. The van der Waals surface area contributed by atoms with Crippen LogP contribution in [0.5, 0.6) is 0 Å². The topological polar surface area (TPSA) is 75.3 Å². The number of amides is 1. The third kappa shape index (κ3) is 2.40. The van der Waals surface area contributed by atoms with Crippen molar-refractivity contribution < 1.29 is 27.5 Å². The number of aromatic nitrogens is 2. The zero-order valence-corrected chi connectivity index (χ0v) is 9.87. The Balaban J connectivity index is 2.20. The fraction of sp³-hybridized carbons (Fsp3) is 0.500. The number of nitrogens with zero attached hydrogens (tertiary/aromatic N) is 2. The maximum absolute atomic E-state index is 12.3. The normalized spacial score (nSPS) is 15.1. The molecule has 1 amide bonds. The van der Waals surface area contributed by atoms with Crippen molar-refractivity contribution in [1.82, 2.24) is 15.1 Å². The van der Waals surface area contributed by atoms with Gasteiger partial charge in [-0.25, -0.2) is 4.79 Å². The van der Waals surface area contributed by atoms with Crippen molar-refractivity contribution in [3.63, 3.8) is 0 Å². The van der Waals surface area contributed by atoms with E-state index in [-0.39, 0.29) is 25.2 Å². The number of aromatic amines is 1. The molecule has 2 rings (SSSR count). The molecule has 9 heteroatoms.